The first kappa shape index (κ1) is 20.1. The van der Waals surface area contributed by atoms with Crippen LogP contribution in [0.25, 0.3) is 11.0 Å². The first-order valence-electron chi connectivity index (χ1n) is 9.16. The molecule has 0 radical (unpaired) electrons. The zero-order valence-corrected chi connectivity index (χ0v) is 16.0. The smallest absolute Gasteiger partial charge is 0.336 e. The van der Waals surface area contributed by atoms with E-state index < -0.39 is 22.6 Å². The summed E-state index contributed by atoms with van der Waals surface area (Å²) in [4.78, 5) is 34.5. The van der Waals surface area contributed by atoms with Gasteiger partial charge in [-0.2, -0.15) is 0 Å². The molecule has 1 unspecified atom stereocenters. The molecule has 2 aromatic carbocycles. The summed E-state index contributed by atoms with van der Waals surface area (Å²) in [5, 5.41) is 14.3. The fourth-order valence-corrected chi connectivity index (χ4v) is 2.96. The first-order chi connectivity index (χ1) is 13.9. The second-order valence-corrected chi connectivity index (χ2v) is 6.56. The monoisotopic (exact) mass is 396 g/mol. The maximum Gasteiger partial charge on any atom is 0.336 e. The fourth-order valence-electron chi connectivity index (χ4n) is 2.96. The number of carbonyl (C=O) groups excluding carboxylic acids is 1. The Bertz CT molecular complexity index is 1120. The number of amides is 1. The van der Waals surface area contributed by atoms with Gasteiger partial charge in [-0.25, -0.2) is 4.79 Å². The summed E-state index contributed by atoms with van der Waals surface area (Å²) in [6.45, 7) is 3.58. The summed E-state index contributed by atoms with van der Waals surface area (Å²) >= 11 is 0. The Labute approximate surface area is 166 Å². The average molecular weight is 396 g/mol. The van der Waals surface area contributed by atoms with Crippen molar-refractivity contribution in [1.29, 1.82) is 0 Å². The van der Waals surface area contributed by atoms with Gasteiger partial charge in [0.2, 0.25) is 0 Å². The van der Waals surface area contributed by atoms with Gasteiger partial charge in [-0.1, -0.05) is 19.4 Å². The van der Waals surface area contributed by atoms with Crippen molar-refractivity contribution in [3.05, 3.63) is 74.6 Å². The van der Waals surface area contributed by atoms with Crippen LogP contribution in [-0.4, -0.2) is 16.9 Å². The number of nitrogens with zero attached hydrogens (tertiary/aromatic N) is 1. The number of nitrogens with one attached hydrogen (secondary N) is 1. The molecule has 0 aliphatic heterocycles. The molecular formula is C21H20N2O6. The number of carbonyl (C=O) groups is 1. The van der Waals surface area contributed by atoms with Crippen molar-refractivity contribution < 1.29 is 18.9 Å². The van der Waals surface area contributed by atoms with Crippen LogP contribution in [0.3, 0.4) is 0 Å². The highest BCUT2D eigenvalue weighted by atomic mass is 16.6. The third-order valence-electron chi connectivity index (χ3n) is 4.33. The molecule has 0 bridgehead atoms. The number of ether oxygens (including phenoxy) is 1. The third kappa shape index (κ3) is 4.78. The predicted octanol–water partition coefficient (Wildman–Crippen LogP) is 4.06. The minimum atomic E-state index is -0.878. The van der Waals surface area contributed by atoms with E-state index in [-0.39, 0.29) is 5.69 Å². The third-order valence-corrected chi connectivity index (χ3v) is 4.33. The summed E-state index contributed by atoms with van der Waals surface area (Å²) in [7, 11) is 0. The van der Waals surface area contributed by atoms with Gasteiger partial charge in [-0.15, -0.1) is 0 Å². The topological polar surface area (TPSA) is 112 Å². The molecule has 1 atom stereocenters. The molecule has 150 valence electrons. The molecular weight excluding hydrogens is 376 g/mol. The molecule has 1 heterocycles. The molecule has 0 saturated carbocycles. The van der Waals surface area contributed by atoms with Crippen molar-refractivity contribution in [2.75, 3.05) is 5.32 Å². The van der Waals surface area contributed by atoms with Gasteiger partial charge in [0, 0.05) is 35.3 Å². The van der Waals surface area contributed by atoms with Crippen LogP contribution in [0.15, 0.2) is 57.7 Å². The highest BCUT2D eigenvalue weighted by Gasteiger charge is 2.17. The Morgan fingerprint density at radius 3 is 2.76 bits per heavy atom. The van der Waals surface area contributed by atoms with Crippen molar-refractivity contribution in [3.8, 4) is 5.75 Å². The lowest BCUT2D eigenvalue weighted by atomic mass is 10.1. The summed E-state index contributed by atoms with van der Waals surface area (Å²) in [6, 6.07) is 12.2. The molecule has 8 nitrogen and oxygen atoms in total. The molecule has 1 N–H and O–H groups in total. The van der Waals surface area contributed by atoms with Gasteiger partial charge < -0.3 is 14.5 Å². The Morgan fingerprint density at radius 2 is 2.03 bits per heavy atom. The predicted molar refractivity (Wildman–Crippen MR) is 108 cm³/mol. The van der Waals surface area contributed by atoms with E-state index in [1.807, 2.05) is 6.92 Å². The van der Waals surface area contributed by atoms with Gasteiger partial charge in [-0.05, 0) is 37.1 Å². The maximum atomic E-state index is 12.4. The molecule has 0 fully saturated rings. The van der Waals surface area contributed by atoms with Crippen molar-refractivity contribution in [2.45, 2.75) is 32.8 Å². The number of benzene rings is 2. The van der Waals surface area contributed by atoms with Crippen LogP contribution < -0.4 is 15.7 Å². The van der Waals surface area contributed by atoms with E-state index in [9.17, 15) is 19.7 Å². The fraction of sp³-hybridized carbons (Fsp3) is 0.238. The summed E-state index contributed by atoms with van der Waals surface area (Å²) < 4.78 is 10.9. The van der Waals surface area contributed by atoms with Gasteiger partial charge in [0.05, 0.1) is 4.92 Å². The van der Waals surface area contributed by atoms with E-state index in [0.717, 1.165) is 23.8 Å². The standard InChI is InChI=1S/C21H20N2O6/c1-3-5-14-10-20(24)29-19-12-17(8-9-18(14)19)28-13(2)21(25)22-15-6-4-7-16(11-15)23(26)27/h4,6-13H,3,5H2,1-2H3,(H,22,25). The molecule has 0 aliphatic carbocycles. The Balaban J connectivity index is 1.76. The lowest BCUT2D eigenvalue weighted by Crippen LogP contribution is -2.30. The zero-order valence-electron chi connectivity index (χ0n) is 16.0. The highest BCUT2D eigenvalue weighted by molar-refractivity contribution is 5.94. The van der Waals surface area contributed by atoms with Gasteiger partial charge in [-0.3, -0.25) is 14.9 Å². The normalized spacial score (nSPS) is 11.8. The largest absolute Gasteiger partial charge is 0.481 e. The molecule has 0 aliphatic rings. The number of hydrogen-bond donors (Lipinski definition) is 1. The van der Waals surface area contributed by atoms with E-state index in [1.54, 1.807) is 31.2 Å². The minimum Gasteiger partial charge on any atom is -0.481 e. The van der Waals surface area contributed by atoms with Crippen LogP contribution in [0, 0.1) is 10.1 Å². The molecule has 1 amide bonds. The average Bonchev–Trinajstić information content (AvgIpc) is 2.68. The van der Waals surface area contributed by atoms with Gasteiger partial charge in [0.15, 0.2) is 6.10 Å². The van der Waals surface area contributed by atoms with Gasteiger partial charge >= 0.3 is 5.63 Å². The molecule has 1 aromatic heterocycles. The molecule has 0 saturated heterocycles. The summed E-state index contributed by atoms with van der Waals surface area (Å²) in [5.74, 6) is -0.0947. The Kier molecular flexibility index (Phi) is 5.92. The Hall–Kier alpha value is -3.68. The van der Waals surface area contributed by atoms with E-state index in [0.29, 0.717) is 17.0 Å². The Morgan fingerprint density at radius 1 is 1.24 bits per heavy atom. The summed E-state index contributed by atoms with van der Waals surface area (Å²) in [5.41, 5.74) is 1.04. The lowest BCUT2D eigenvalue weighted by Gasteiger charge is -2.15. The van der Waals surface area contributed by atoms with Crippen LogP contribution in [0.2, 0.25) is 0 Å². The number of rotatable bonds is 7. The van der Waals surface area contributed by atoms with Gasteiger partial charge in [0.1, 0.15) is 11.3 Å². The van der Waals surface area contributed by atoms with Crippen LogP contribution in [0.5, 0.6) is 5.75 Å². The second-order valence-electron chi connectivity index (χ2n) is 6.56. The maximum absolute atomic E-state index is 12.4. The second kappa shape index (κ2) is 8.55. The molecule has 0 spiro atoms. The molecule has 29 heavy (non-hydrogen) atoms. The van der Waals surface area contributed by atoms with Crippen molar-refractivity contribution in [3.63, 3.8) is 0 Å². The number of nitro groups is 1. The highest BCUT2D eigenvalue weighted by Crippen LogP contribution is 2.24. The van der Waals surface area contributed by atoms with Crippen molar-refractivity contribution in [2.24, 2.45) is 0 Å². The van der Waals surface area contributed by atoms with E-state index in [4.69, 9.17) is 9.15 Å². The van der Waals surface area contributed by atoms with E-state index in [2.05, 4.69) is 5.32 Å². The van der Waals surface area contributed by atoms with Crippen molar-refractivity contribution in [1.82, 2.24) is 0 Å². The number of non-ortho nitro benzene ring substituents is 1. The number of nitro benzene ring substituents is 1. The lowest BCUT2D eigenvalue weighted by molar-refractivity contribution is -0.384. The zero-order chi connectivity index (χ0) is 21.0. The van der Waals surface area contributed by atoms with E-state index in [1.165, 1.54) is 24.3 Å². The van der Waals surface area contributed by atoms with Crippen molar-refractivity contribution >= 4 is 28.3 Å². The quantitative estimate of drug-likeness (QED) is 0.366. The van der Waals surface area contributed by atoms with Crippen LogP contribution in [-0.2, 0) is 11.2 Å². The number of hydrogen-bond acceptors (Lipinski definition) is 6. The first-order valence-corrected chi connectivity index (χ1v) is 9.16. The molecule has 3 aromatic rings. The van der Waals surface area contributed by atoms with Gasteiger partial charge in [0.25, 0.3) is 11.6 Å². The van der Waals surface area contributed by atoms with Crippen LogP contribution in [0.1, 0.15) is 25.8 Å². The molecule has 3 rings (SSSR count). The molecule has 8 heteroatoms. The number of anilines is 1. The minimum absolute atomic E-state index is 0.121. The number of fused-ring (bicyclic) bond motifs is 1. The van der Waals surface area contributed by atoms with Crippen LogP contribution in [0.4, 0.5) is 11.4 Å². The number of aryl methyl sites for hydroxylation is 1. The van der Waals surface area contributed by atoms with E-state index >= 15 is 0 Å². The van der Waals surface area contributed by atoms with Crippen LogP contribution >= 0.6 is 0 Å². The summed E-state index contributed by atoms with van der Waals surface area (Å²) in [6.07, 6.45) is 0.771. The SMILES string of the molecule is CCCc1cc(=O)oc2cc(OC(C)C(=O)Nc3cccc([N+](=O)[O-])c3)ccc12.